The summed E-state index contributed by atoms with van der Waals surface area (Å²) >= 11 is 0. The number of amides is 1. The molecule has 0 fully saturated rings. The minimum absolute atomic E-state index is 0.112. The van der Waals surface area contributed by atoms with Crippen LogP contribution in [0.25, 0.3) is 22.3 Å². The first kappa shape index (κ1) is 17.7. The van der Waals surface area contributed by atoms with Crippen molar-refractivity contribution in [1.82, 2.24) is 20.3 Å². The lowest BCUT2D eigenvalue weighted by molar-refractivity contribution is 0.0962. The van der Waals surface area contributed by atoms with Crippen molar-refractivity contribution in [1.29, 1.82) is 0 Å². The fourth-order valence-corrected chi connectivity index (χ4v) is 3.20. The van der Waals surface area contributed by atoms with Crippen molar-refractivity contribution in [3.8, 4) is 11.4 Å². The lowest BCUT2D eigenvalue weighted by atomic mass is 10.2. The number of H-pyrrole nitrogens is 1. The highest BCUT2D eigenvalue weighted by Crippen LogP contribution is 2.28. The van der Waals surface area contributed by atoms with Gasteiger partial charge in [-0.1, -0.05) is 49.4 Å². The third-order valence-electron chi connectivity index (χ3n) is 4.61. The summed E-state index contributed by atoms with van der Waals surface area (Å²) in [4.78, 5) is 24.9. The minimum Gasteiger partial charge on any atom is -0.355 e. The number of nitrogens with one attached hydrogen (secondary N) is 3. The molecule has 6 nitrogen and oxygen atoms in total. The van der Waals surface area contributed by atoms with Gasteiger partial charge in [0.05, 0.1) is 11.1 Å². The third kappa shape index (κ3) is 3.32. The Morgan fingerprint density at radius 2 is 1.79 bits per heavy atom. The molecule has 4 rings (SSSR count). The third-order valence-corrected chi connectivity index (χ3v) is 4.61. The van der Waals surface area contributed by atoms with Gasteiger partial charge in [0.2, 0.25) is 0 Å². The fourth-order valence-electron chi connectivity index (χ4n) is 3.20. The summed E-state index contributed by atoms with van der Waals surface area (Å²) in [5.74, 6) is 1.95. The lowest BCUT2D eigenvalue weighted by Gasteiger charge is -2.10. The smallest absolute Gasteiger partial charge is 0.252 e. The first-order valence-corrected chi connectivity index (χ1v) is 9.22. The maximum Gasteiger partial charge on any atom is 0.252 e. The van der Waals surface area contributed by atoms with Crippen LogP contribution in [0.4, 0.5) is 11.6 Å². The molecule has 28 heavy (non-hydrogen) atoms. The van der Waals surface area contributed by atoms with Gasteiger partial charge in [-0.3, -0.25) is 4.79 Å². The van der Waals surface area contributed by atoms with E-state index in [4.69, 9.17) is 9.97 Å². The standard InChI is InChI=1S/C22H21N5O/c1-3-17-16(22(28)23-2)13-19(24-17)26-21-15-11-7-8-12-18(15)25-20(27-21)14-9-5-4-6-10-14/h4-13,24H,3H2,1-2H3,(H,23,28)(H,25,26,27). The highest BCUT2D eigenvalue weighted by Gasteiger charge is 2.15. The van der Waals surface area contributed by atoms with E-state index in [2.05, 4.69) is 15.6 Å². The van der Waals surface area contributed by atoms with Crippen LogP contribution in [0.2, 0.25) is 0 Å². The number of aryl methyl sites for hydroxylation is 1. The van der Waals surface area contributed by atoms with Crippen molar-refractivity contribution in [2.75, 3.05) is 12.4 Å². The van der Waals surface area contributed by atoms with E-state index in [1.807, 2.05) is 67.6 Å². The second kappa shape index (κ2) is 7.52. The SMILES string of the molecule is CCc1[nH]c(Nc2nc(-c3ccccc3)nc3ccccc23)cc1C(=O)NC. The number of fused-ring (bicyclic) bond motifs is 1. The van der Waals surface area contributed by atoms with Gasteiger partial charge in [-0.25, -0.2) is 9.97 Å². The molecule has 0 spiro atoms. The Bertz CT molecular complexity index is 1130. The molecule has 2 aromatic carbocycles. The minimum atomic E-state index is -0.112. The van der Waals surface area contributed by atoms with Crippen LogP contribution >= 0.6 is 0 Å². The summed E-state index contributed by atoms with van der Waals surface area (Å²) in [5.41, 5.74) is 3.31. The van der Waals surface area contributed by atoms with Crippen LogP contribution in [0, 0.1) is 0 Å². The van der Waals surface area contributed by atoms with E-state index in [0.717, 1.165) is 34.4 Å². The van der Waals surface area contributed by atoms with Crippen LogP contribution in [-0.4, -0.2) is 27.9 Å². The number of hydrogen-bond donors (Lipinski definition) is 3. The van der Waals surface area contributed by atoms with Crippen LogP contribution in [0.3, 0.4) is 0 Å². The number of carbonyl (C=O) groups excluding carboxylic acids is 1. The normalized spacial score (nSPS) is 10.8. The van der Waals surface area contributed by atoms with Crippen molar-refractivity contribution in [3.63, 3.8) is 0 Å². The maximum atomic E-state index is 12.1. The summed E-state index contributed by atoms with van der Waals surface area (Å²) in [7, 11) is 1.63. The zero-order valence-electron chi connectivity index (χ0n) is 15.8. The number of benzene rings is 2. The highest BCUT2D eigenvalue weighted by atomic mass is 16.1. The average molecular weight is 371 g/mol. The highest BCUT2D eigenvalue weighted by molar-refractivity contribution is 5.97. The molecule has 4 aromatic rings. The molecule has 0 radical (unpaired) electrons. The second-order valence-corrected chi connectivity index (χ2v) is 6.41. The first-order valence-electron chi connectivity index (χ1n) is 9.22. The summed E-state index contributed by atoms with van der Waals surface area (Å²) in [5, 5.41) is 6.94. The maximum absolute atomic E-state index is 12.1. The van der Waals surface area contributed by atoms with E-state index in [0.29, 0.717) is 17.2 Å². The van der Waals surface area contributed by atoms with Gasteiger partial charge < -0.3 is 15.6 Å². The quantitative estimate of drug-likeness (QED) is 0.489. The number of nitrogens with zero attached hydrogens (tertiary/aromatic N) is 2. The second-order valence-electron chi connectivity index (χ2n) is 6.41. The first-order chi connectivity index (χ1) is 13.7. The van der Waals surface area contributed by atoms with E-state index in [-0.39, 0.29) is 5.91 Å². The largest absolute Gasteiger partial charge is 0.355 e. The predicted octanol–water partition coefficient (Wildman–Crippen LogP) is 4.29. The molecule has 0 aliphatic rings. The summed E-state index contributed by atoms with van der Waals surface area (Å²) < 4.78 is 0. The van der Waals surface area contributed by atoms with Gasteiger partial charge in [-0.15, -0.1) is 0 Å². The lowest BCUT2D eigenvalue weighted by Crippen LogP contribution is -2.18. The Labute approximate surface area is 163 Å². The molecule has 6 heteroatoms. The monoisotopic (exact) mass is 371 g/mol. The fraction of sp³-hybridized carbons (Fsp3) is 0.136. The molecule has 1 amide bonds. The van der Waals surface area contributed by atoms with E-state index < -0.39 is 0 Å². The molecule has 0 bridgehead atoms. The van der Waals surface area contributed by atoms with Gasteiger partial charge in [0.15, 0.2) is 5.82 Å². The summed E-state index contributed by atoms with van der Waals surface area (Å²) in [6.45, 7) is 2.01. The van der Waals surface area contributed by atoms with Gasteiger partial charge in [0.25, 0.3) is 5.91 Å². The van der Waals surface area contributed by atoms with Crippen LogP contribution in [-0.2, 0) is 6.42 Å². The molecule has 0 unspecified atom stereocenters. The van der Waals surface area contributed by atoms with Gasteiger partial charge in [-0.05, 0) is 24.6 Å². The number of aromatic amines is 1. The van der Waals surface area contributed by atoms with Crippen molar-refractivity contribution in [3.05, 3.63) is 71.9 Å². The van der Waals surface area contributed by atoms with E-state index in [1.165, 1.54) is 0 Å². The number of anilines is 2. The van der Waals surface area contributed by atoms with Gasteiger partial charge in [-0.2, -0.15) is 0 Å². The molecule has 0 atom stereocenters. The van der Waals surface area contributed by atoms with Crippen molar-refractivity contribution >= 4 is 28.4 Å². The molecule has 0 aliphatic heterocycles. The van der Waals surface area contributed by atoms with Crippen molar-refractivity contribution < 1.29 is 4.79 Å². The van der Waals surface area contributed by atoms with Gasteiger partial charge in [0.1, 0.15) is 11.6 Å². The van der Waals surface area contributed by atoms with E-state index >= 15 is 0 Å². The molecule has 0 aliphatic carbocycles. The zero-order chi connectivity index (χ0) is 19.5. The van der Waals surface area contributed by atoms with Crippen LogP contribution in [0.5, 0.6) is 0 Å². The average Bonchev–Trinajstić information content (AvgIpc) is 3.16. The number of aromatic nitrogens is 3. The summed E-state index contributed by atoms with van der Waals surface area (Å²) in [6.07, 6.45) is 0.726. The van der Waals surface area contributed by atoms with E-state index in [1.54, 1.807) is 7.05 Å². The molecular formula is C22H21N5O. The Morgan fingerprint density at radius 3 is 2.54 bits per heavy atom. The Hall–Kier alpha value is -3.67. The Balaban J connectivity index is 1.80. The zero-order valence-corrected chi connectivity index (χ0v) is 15.8. The number of hydrogen-bond acceptors (Lipinski definition) is 4. The molecule has 140 valence electrons. The molecule has 0 saturated heterocycles. The van der Waals surface area contributed by atoms with Crippen LogP contribution in [0.15, 0.2) is 60.7 Å². The Kier molecular flexibility index (Phi) is 4.76. The molecule has 2 heterocycles. The van der Waals surface area contributed by atoms with Gasteiger partial charge in [0, 0.05) is 23.7 Å². The topological polar surface area (TPSA) is 82.7 Å². The van der Waals surface area contributed by atoms with Crippen LogP contribution < -0.4 is 10.6 Å². The van der Waals surface area contributed by atoms with Crippen molar-refractivity contribution in [2.24, 2.45) is 0 Å². The molecule has 0 saturated carbocycles. The molecular weight excluding hydrogens is 350 g/mol. The van der Waals surface area contributed by atoms with Crippen molar-refractivity contribution in [2.45, 2.75) is 13.3 Å². The van der Waals surface area contributed by atoms with Crippen LogP contribution in [0.1, 0.15) is 23.0 Å². The number of para-hydroxylation sites is 1. The Morgan fingerprint density at radius 1 is 1.04 bits per heavy atom. The van der Waals surface area contributed by atoms with E-state index in [9.17, 15) is 4.79 Å². The van der Waals surface area contributed by atoms with Gasteiger partial charge >= 0.3 is 0 Å². The number of carbonyl (C=O) groups is 1. The predicted molar refractivity (Wildman–Crippen MR) is 112 cm³/mol. The molecule has 2 aromatic heterocycles. The number of rotatable bonds is 5. The molecule has 3 N–H and O–H groups in total. The summed E-state index contributed by atoms with van der Waals surface area (Å²) in [6, 6.07) is 19.6.